The van der Waals surface area contributed by atoms with Gasteiger partial charge in [0.15, 0.2) is 0 Å². The van der Waals surface area contributed by atoms with Gasteiger partial charge in [-0.15, -0.1) is 0 Å². The highest BCUT2D eigenvalue weighted by Crippen LogP contribution is 2.05. The van der Waals surface area contributed by atoms with E-state index in [1.807, 2.05) is 6.07 Å². The number of benzene rings is 1. The maximum Gasteiger partial charge on any atom is 0.0740 e. The first kappa shape index (κ1) is 14.1. The van der Waals surface area contributed by atoms with E-state index in [1.54, 1.807) is 7.11 Å². The zero-order valence-electron chi connectivity index (χ0n) is 10.3. The van der Waals surface area contributed by atoms with Crippen molar-refractivity contribution in [3.8, 4) is 0 Å². The summed E-state index contributed by atoms with van der Waals surface area (Å²) in [5.41, 5.74) is 6.83. The molecule has 0 saturated heterocycles. The molecule has 0 bridgehead atoms. The molecule has 4 heteroatoms. The van der Waals surface area contributed by atoms with Gasteiger partial charge in [0.05, 0.1) is 11.6 Å². The van der Waals surface area contributed by atoms with Crippen molar-refractivity contribution in [1.82, 2.24) is 4.90 Å². The Balaban J connectivity index is 2.47. The molecule has 0 fully saturated rings. The average molecular weight is 252 g/mol. The zero-order valence-corrected chi connectivity index (χ0v) is 11.1. The number of methoxy groups -OCH3 is 1. The molecular weight excluding hydrogens is 232 g/mol. The SMILES string of the molecule is COCCN(CCC(N)=S)Cc1ccccc1. The van der Waals surface area contributed by atoms with Gasteiger partial charge in [-0.2, -0.15) is 0 Å². The third-order valence-electron chi connectivity index (χ3n) is 2.54. The van der Waals surface area contributed by atoms with E-state index in [0.29, 0.717) is 4.99 Å². The Morgan fingerprint density at radius 3 is 2.59 bits per heavy atom. The van der Waals surface area contributed by atoms with E-state index in [2.05, 4.69) is 29.2 Å². The van der Waals surface area contributed by atoms with E-state index >= 15 is 0 Å². The highest BCUT2D eigenvalue weighted by Gasteiger charge is 2.06. The van der Waals surface area contributed by atoms with Gasteiger partial charge in [0.1, 0.15) is 0 Å². The van der Waals surface area contributed by atoms with Crippen LogP contribution in [0.3, 0.4) is 0 Å². The molecule has 0 aliphatic carbocycles. The summed E-state index contributed by atoms with van der Waals surface area (Å²) in [6.07, 6.45) is 0.756. The van der Waals surface area contributed by atoms with Crippen molar-refractivity contribution in [2.24, 2.45) is 5.73 Å². The summed E-state index contributed by atoms with van der Waals surface area (Å²) in [5.74, 6) is 0. The van der Waals surface area contributed by atoms with Gasteiger partial charge in [0.25, 0.3) is 0 Å². The minimum atomic E-state index is 0.570. The number of rotatable bonds is 8. The first-order chi connectivity index (χ1) is 8.22. The minimum absolute atomic E-state index is 0.570. The number of thiocarbonyl (C=S) groups is 1. The molecule has 0 unspecified atom stereocenters. The maximum atomic E-state index is 5.54. The van der Waals surface area contributed by atoms with E-state index in [1.165, 1.54) is 5.56 Å². The summed E-state index contributed by atoms with van der Waals surface area (Å²) in [5, 5.41) is 0. The zero-order chi connectivity index (χ0) is 12.5. The van der Waals surface area contributed by atoms with Gasteiger partial charge in [-0.05, 0) is 5.56 Å². The fourth-order valence-corrected chi connectivity index (χ4v) is 1.69. The van der Waals surface area contributed by atoms with Crippen molar-refractivity contribution in [2.75, 3.05) is 26.8 Å². The molecule has 0 aliphatic rings. The second-order valence-corrected chi connectivity index (χ2v) is 4.50. The van der Waals surface area contributed by atoms with Gasteiger partial charge in [-0.25, -0.2) is 0 Å². The first-order valence-electron chi connectivity index (χ1n) is 5.76. The molecule has 0 saturated carbocycles. The average Bonchev–Trinajstić information content (AvgIpc) is 2.34. The highest BCUT2D eigenvalue weighted by molar-refractivity contribution is 7.80. The second kappa shape index (κ2) is 8.17. The van der Waals surface area contributed by atoms with Crippen LogP contribution >= 0.6 is 12.2 Å². The van der Waals surface area contributed by atoms with Crippen LogP contribution in [0, 0.1) is 0 Å². The van der Waals surface area contributed by atoms with Crippen molar-refractivity contribution in [2.45, 2.75) is 13.0 Å². The van der Waals surface area contributed by atoms with E-state index in [9.17, 15) is 0 Å². The number of nitrogens with zero attached hydrogens (tertiary/aromatic N) is 1. The van der Waals surface area contributed by atoms with Gasteiger partial charge in [-0.1, -0.05) is 42.5 Å². The third kappa shape index (κ3) is 6.36. The Kier molecular flexibility index (Phi) is 6.77. The van der Waals surface area contributed by atoms with Crippen molar-refractivity contribution in [3.63, 3.8) is 0 Å². The summed E-state index contributed by atoms with van der Waals surface area (Å²) in [6.45, 7) is 3.42. The Hall–Kier alpha value is -0.970. The quantitative estimate of drug-likeness (QED) is 0.716. The molecule has 0 aliphatic heterocycles. The van der Waals surface area contributed by atoms with E-state index < -0.39 is 0 Å². The Labute approximate surface area is 109 Å². The summed E-state index contributed by atoms with van der Waals surface area (Å²) >= 11 is 4.91. The van der Waals surface area contributed by atoms with Crippen molar-refractivity contribution >= 4 is 17.2 Å². The number of nitrogens with two attached hydrogens (primary N) is 1. The number of hydrogen-bond donors (Lipinski definition) is 1. The van der Waals surface area contributed by atoms with E-state index in [4.69, 9.17) is 22.7 Å². The van der Waals surface area contributed by atoms with Gasteiger partial charge in [0.2, 0.25) is 0 Å². The van der Waals surface area contributed by atoms with Crippen LogP contribution in [0.1, 0.15) is 12.0 Å². The van der Waals surface area contributed by atoms with Gasteiger partial charge in [0, 0.05) is 33.2 Å². The molecule has 0 aromatic heterocycles. The molecule has 0 heterocycles. The van der Waals surface area contributed by atoms with Crippen LogP contribution in [0.2, 0.25) is 0 Å². The maximum absolute atomic E-state index is 5.54. The van der Waals surface area contributed by atoms with Gasteiger partial charge >= 0.3 is 0 Å². The molecule has 3 nitrogen and oxygen atoms in total. The molecule has 2 N–H and O–H groups in total. The molecular formula is C13H20N2OS. The molecule has 0 atom stereocenters. The van der Waals surface area contributed by atoms with Gasteiger partial charge in [-0.3, -0.25) is 4.90 Å². The van der Waals surface area contributed by atoms with Crippen LogP contribution in [0.5, 0.6) is 0 Å². The molecule has 94 valence electrons. The van der Waals surface area contributed by atoms with Crippen LogP contribution in [0.4, 0.5) is 0 Å². The normalized spacial score (nSPS) is 10.7. The lowest BCUT2D eigenvalue weighted by atomic mass is 10.2. The summed E-state index contributed by atoms with van der Waals surface area (Å²) in [6, 6.07) is 10.4. The molecule has 17 heavy (non-hydrogen) atoms. The van der Waals surface area contributed by atoms with Crippen LogP contribution in [0.25, 0.3) is 0 Å². The first-order valence-corrected chi connectivity index (χ1v) is 6.16. The monoisotopic (exact) mass is 252 g/mol. The smallest absolute Gasteiger partial charge is 0.0740 e. The molecule has 0 amide bonds. The lowest BCUT2D eigenvalue weighted by Crippen LogP contribution is -2.30. The van der Waals surface area contributed by atoms with Crippen LogP contribution in [-0.2, 0) is 11.3 Å². The summed E-state index contributed by atoms with van der Waals surface area (Å²) in [4.78, 5) is 2.87. The Bertz CT molecular complexity index is 329. The standard InChI is InChI=1S/C13H20N2OS/c1-16-10-9-15(8-7-13(14)17)11-12-5-3-2-4-6-12/h2-6H,7-11H2,1H3,(H2,14,17). The van der Waals surface area contributed by atoms with Gasteiger partial charge < -0.3 is 10.5 Å². The largest absolute Gasteiger partial charge is 0.393 e. The van der Waals surface area contributed by atoms with Crippen LogP contribution in [-0.4, -0.2) is 36.7 Å². The fraction of sp³-hybridized carbons (Fsp3) is 0.462. The van der Waals surface area contributed by atoms with E-state index in [0.717, 1.165) is 32.7 Å². The second-order valence-electron chi connectivity index (χ2n) is 3.97. The van der Waals surface area contributed by atoms with Crippen molar-refractivity contribution < 1.29 is 4.74 Å². The molecule has 0 radical (unpaired) electrons. The fourth-order valence-electron chi connectivity index (χ4n) is 1.60. The predicted octanol–water partition coefficient (Wildman–Crippen LogP) is 1.81. The van der Waals surface area contributed by atoms with Crippen LogP contribution < -0.4 is 5.73 Å². The van der Waals surface area contributed by atoms with Crippen LogP contribution in [0.15, 0.2) is 30.3 Å². The molecule has 1 aromatic carbocycles. The lowest BCUT2D eigenvalue weighted by Gasteiger charge is -2.21. The summed E-state index contributed by atoms with van der Waals surface area (Å²) < 4.78 is 5.11. The minimum Gasteiger partial charge on any atom is -0.393 e. The Morgan fingerprint density at radius 2 is 2.00 bits per heavy atom. The lowest BCUT2D eigenvalue weighted by molar-refractivity contribution is 0.146. The Morgan fingerprint density at radius 1 is 1.29 bits per heavy atom. The number of ether oxygens (including phenoxy) is 1. The molecule has 1 aromatic rings. The summed E-state index contributed by atoms with van der Waals surface area (Å²) in [7, 11) is 1.72. The number of hydrogen-bond acceptors (Lipinski definition) is 3. The van der Waals surface area contributed by atoms with Crippen molar-refractivity contribution in [3.05, 3.63) is 35.9 Å². The third-order valence-corrected chi connectivity index (χ3v) is 2.74. The predicted molar refractivity (Wildman–Crippen MR) is 75.0 cm³/mol. The van der Waals surface area contributed by atoms with E-state index in [-0.39, 0.29) is 0 Å². The van der Waals surface area contributed by atoms with Crippen molar-refractivity contribution in [1.29, 1.82) is 0 Å². The highest BCUT2D eigenvalue weighted by atomic mass is 32.1. The topological polar surface area (TPSA) is 38.5 Å². The molecule has 1 rings (SSSR count). The molecule has 0 spiro atoms.